The average Bonchev–Trinajstić information content (AvgIpc) is 3.06. The van der Waals surface area contributed by atoms with E-state index in [0.717, 1.165) is 17.8 Å². The molecule has 0 spiro atoms. The largest absolute Gasteiger partial charge is 0.0616 e. The third kappa shape index (κ3) is 3.58. The second-order valence-electron chi connectivity index (χ2n) is 14.3. The van der Waals surface area contributed by atoms with E-state index in [-0.39, 0.29) is 5.41 Å². The fraction of sp³-hybridized carbons (Fsp3) is 0.227. The summed E-state index contributed by atoms with van der Waals surface area (Å²) < 4.78 is 0. The van der Waals surface area contributed by atoms with Crippen molar-refractivity contribution in [2.45, 2.75) is 43.9 Å². The van der Waals surface area contributed by atoms with Crippen LogP contribution in [0.2, 0.25) is 0 Å². The molecule has 0 heterocycles. The topological polar surface area (TPSA) is 0 Å². The Morgan fingerprint density at radius 1 is 0.364 bits per heavy atom. The Kier molecular flexibility index (Phi) is 5.27. The Morgan fingerprint density at radius 2 is 0.841 bits per heavy atom. The van der Waals surface area contributed by atoms with Gasteiger partial charge in [-0.2, -0.15) is 0 Å². The molecule has 4 saturated carbocycles. The zero-order chi connectivity index (χ0) is 28.8. The fourth-order valence-corrected chi connectivity index (χ4v) is 10.5. The third-order valence-corrected chi connectivity index (χ3v) is 11.8. The lowest BCUT2D eigenvalue weighted by atomic mass is 9.47. The van der Waals surface area contributed by atoms with Gasteiger partial charge in [0.1, 0.15) is 0 Å². The van der Waals surface area contributed by atoms with Gasteiger partial charge < -0.3 is 0 Å². The third-order valence-electron chi connectivity index (χ3n) is 11.8. The minimum Gasteiger partial charge on any atom is -0.0616 e. The lowest BCUT2D eigenvalue weighted by molar-refractivity contribution is -0.00490. The molecule has 11 rings (SSSR count). The van der Waals surface area contributed by atoms with Gasteiger partial charge in [0, 0.05) is 0 Å². The molecule has 0 atom stereocenters. The molecular formula is C44H36. The van der Waals surface area contributed by atoms with Crippen molar-refractivity contribution in [2.24, 2.45) is 17.8 Å². The number of rotatable bonds is 3. The maximum atomic E-state index is 2.53. The van der Waals surface area contributed by atoms with Crippen molar-refractivity contribution >= 4 is 43.1 Å². The molecule has 0 aromatic heterocycles. The molecule has 0 aliphatic heterocycles. The summed E-state index contributed by atoms with van der Waals surface area (Å²) in [5.41, 5.74) is 7.53. The van der Waals surface area contributed by atoms with Gasteiger partial charge in [0.05, 0.1) is 0 Å². The minimum absolute atomic E-state index is 0.288. The van der Waals surface area contributed by atoms with Crippen LogP contribution in [0.15, 0.2) is 127 Å². The Hall–Kier alpha value is -4.42. The van der Waals surface area contributed by atoms with Gasteiger partial charge >= 0.3 is 0 Å². The average molecular weight is 565 g/mol. The van der Waals surface area contributed by atoms with Gasteiger partial charge in [-0.25, -0.2) is 0 Å². The van der Waals surface area contributed by atoms with Crippen molar-refractivity contribution < 1.29 is 0 Å². The highest BCUT2D eigenvalue weighted by atomic mass is 14.6. The van der Waals surface area contributed by atoms with Crippen LogP contribution in [0, 0.1) is 17.8 Å². The van der Waals surface area contributed by atoms with Gasteiger partial charge in [-0.05, 0) is 133 Å². The molecule has 4 aliphatic rings. The molecule has 4 bridgehead atoms. The molecule has 7 aromatic carbocycles. The predicted octanol–water partition coefficient (Wildman–Crippen LogP) is 12.1. The first-order chi connectivity index (χ1) is 21.7. The van der Waals surface area contributed by atoms with Crippen LogP contribution in [0.1, 0.15) is 44.1 Å². The SMILES string of the molecule is c1cc(-c2cccc3c2ccc2ccccc23)c(-c2cccc3c2ccc2ccccc23)c(C23CC4CC(CC(C4)C2)C3)c1. The Bertz CT molecular complexity index is 2230. The molecule has 212 valence electrons. The van der Waals surface area contributed by atoms with E-state index < -0.39 is 0 Å². The summed E-state index contributed by atoms with van der Waals surface area (Å²) in [5.74, 6) is 2.70. The molecule has 0 heteroatoms. The smallest absolute Gasteiger partial charge is 0.00327 e. The van der Waals surface area contributed by atoms with Crippen molar-refractivity contribution in [1.82, 2.24) is 0 Å². The van der Waals surface area contributed by atoms with E-state index in [1.165, 1.54) is 104 Å². The lowest BCUT2D eigenvalue weighted by Crippen LogP contribution is -2.48. The van der Waals surface area contributed by atoms with Gasteiger partial charge in [0.2, 0.25) is 0 Å². The quantitative estimate of drug-likeness (QED) is 0.187. The first-order valence-electron chi connectivity index (χ1n) is 16.7. The molecule has 0 unspecified atom stereocenters. The second-order valence-corrected chi connectivity index (χ2v) is 14.3. The Morgan fingerprint density at radius 3 is 1.45 bits per heavy atom. The molecule has 0 N–H and O–H groups in total. The van der Waals surface area contributed by atoms with Crippen LogP contribution in [-0.2, 0) is 5.41 Å². The molecular weight excluding hydrogens is 528 g/mol. The Balaban J connectivity index is 1.31. The predicted molar refractivity (Wildman–Crippen MR) is 187 cm³/mol. The maximum absolute atomic E-state index is 2.53. The van der Waals surface area contributed by atoms with Crippen LogP contribution in [-0.4, -0.2) is 0 Å². The van der Waals surface area contributed by atoms with Crippen molar-refractivity contribution in [3.63, 3.8) is 0 Å². The van der Waals surface area contributed by atoms with E-state index in [2.05, 4.69) is 127 Å². The van der Waals surface area contributed by atoms with E-state index in [9.17, 15) is 0 Å². The molecule has 0 amide bonds. The van der Waals surface area contributed by atoms with Gasteiger partial charge in [-0.1, -0.05) is 127 Å². The number of benzene rings is 7. The van der Waals surface area contributed by atoms with Gasteiger partial charge in [-0.3, -0.25) is 0 Å². The van der Waals surface area contributed by atoms with E-state index in [4.69, 9.17) is 0 Å². The molecule has 4 fully saturated rings. The lowest BCUT2D eigenvalue weighted by Gasteiger charge is -2.57. The van der Waals surface area contributed by atoms with Crippen LogP contribution in [0.25, 0.3) is 65.3 Å². The summed E-state index contributed by atoms with van der Waals surface area (Å²) in [6.45, 7) is 0. The van der Waals surface area contributed by atoms with Crippen LogP contribution < -0.4 is 0 Å². The van der Waals surface area contributed by atoms with Crippen molar-refractivity contribution in [2.75, 3.05) is 0 Å². The number of hydrogen-bond donors (Lipinski definition) is 0. The van der Waals surface area contributed by atoms with Gasteiger partial charge in [0.15, 0.2) is 0 Å². The van der Waals surface area contributed by atoms with Gasteiger partial charge in [0.25, 0.3) is 0 Å². The van der Waals surface area contributed by atoms with Crippen molar-refractivity contribution in [3.8, 4) is 22.3 Å². The number of fused-ring (bicyclic) bond motifs is 6. The van der Waals surface area contributed by atoms with Crippen LogP contribution >= 0.6 is 0 Å². The van der Waals surface area contributed by atoms with Crippen molar-refractivity contribution in [1.29, 1.82) is 0 Å². The fourth-order valence-electron chi connectivity index (χ4n) is 10.5. The normalized spacial score (nSPS) is 24.1. The molecule has 0 saturated heterocycles. The highest BCUT2D eigenvalue weighted by molar-refractivity contribution is 6.16. The highest BCUT2D eigenvalue weighted by Crippen LogP contribution is 2.62. The minimum atomic E-state index is 0.288. The Labute approximate surface area is 259 Å². The standard InChI is InChI=1S/C44H36/c1-3-10-33-31(8-1)18-20-38-35(33)12-5-14-37(38)40-16-7-17-42(44-25-28-22-29(26-44)24-30(23-28)27-44)43(40)41-15-6-13-36-34-11-4-2-9-32(34)19-21-39(36)41/h1-21,28-30H,22-27H2. The summed E-state index contributed by atoms with van der Waals surface area (Å²) >= 11 is 0. The van der Waals surface area contributed by atoms with Crippen LogP contribution in [0.5, 0.6) is 0 Å². The molecule has 4 aliphatic carbocycles. The summed E-state index contributed by atoms with van der Waals surface area (Å²) in [5, 5.41) is 10.7. The van der Waals surface area contributed by atoms with E-state index in [1.54, 1.807) is 5.56 Å². The van der Waals surface area contributed by atoms with E-state index in [1.807, 2.05) is 0 Å². The molecule has 7 aromatic rings. The van der Waals surface area contributed by atoms with E-state index in [0.29, 0.717) is 0 Å². The highest BCUT2D eigenvalue weighted by Gasteiger charge is 2.52. The van der Waals surface area contributed by atoms with Crippen LogP contribution in [0.4, 0.5) is 0 Å². The zero-order valence-corrected chi connectivity index (χ0v) is 25.1. The summed E-state index contributed by atoms with van der Waals surface area (Å²) in [6.07, 6.45) is 8.48. The summed E-state index contributed by atoms with van der Waals surface area (Å²) in [4.78, 5) is 0. The number of hydrogen-bond acceptors (Lipinski definition) is 0. The first kappa shape index (κ1) is 25.0. The molecule has 0 radical (unpaired) electrons. The van der Waals surface area contributed by atoms with Crippen LogP contribution in [0.3, 0.4) is 0 Å². The first-order valence-corrected chi connectivity index (χ1v) is 16.7. The van der Waals surface area contributed by atoms with Gasteiger partial charge in [-0.15, -0.1) is 0 Å². The monoisotopic (exact) mass is 564 g/mol. The summed E-state index contributed by atoms with van der Waals surface area (Å²) in [7, 11) is 0. The zero-order valence-electron chi connectivity index (χ0n) is 25.1. The molecule has 44 heavy (non-hydrogen) atoms. The summed E-state index contributed by atoms with van der Waals surface area (Å²) in [6, 6.07) is 48.5. The maximum Gasteiger partial charge on any atom is -0.00327 e. The molecule has 0 nitrogen and oxygen atoms in total. The van der Waals surface area contributed by atoms with E-state index >= 15 is 0 Å². The van der Waals surface area contributed by atoms with Crippen molar-refractivity contribution in [3.05, 3.63) is 133 Å². The second kappa shape index (κ2) is 9.29.